The van der Waals surface area contributed by atoms with E-state index in [-0.39, 0.29) is 25.2 Å². The average molecular weight is 611 g/mol. The van der Waals surface area contributed by atoms with Crippen LogP contribution in [0.15, 0.2) is 60.7 Å². The highest BCUT2D eigenvalue weighted by Gasteiger charge is 2.31. The SMILES string of the molecule is CC(C)C[C@H](CC(=O)NO)C(=O)N[C@@H](Cc1ccccc1)C(=O)N[C@@H](Cc1ccccc1)C(=O)N[C@@H](CCCCN)C(N)=O. The van der Waals surface area contributed by atoms with Crippen LogP contribution >= 0.6 is 0 Å². The second kappa shape index (κ2) is 19.1. The van der Waals surface area contributed by atoms with E-state index in [9.17, 15) is 24.0 Å². The molecule has 2 aromatic rings. The molecule has 9 N–H and O–H groups in total. The highest BCUT2D eigenvalue weighted by Crippen LogP contribution is 2.17. The first-order valence-corrected chi connectivity index (χ1v) is 14.9. The van der Waals surface area contributed by atoms with Crippen molar-refractivity contribution in [1.82, 2.24) is 21.4 Å². The number of unbranched alkanes of at least 4 members (excludes halogenated alkanes) is 1. The number of rotatable bonds is 19. The number of hydrogen-bond donors (Lipinski definition) is 7. The summed E-state index contributed by atoms with van der Waals surface area (Å²) in [5.74, 6) is -3.91. The molecule has 0 aliphatic carbocycles. The van der Waals surface area contributed by atoms with Crippen LogP contribution < -0.4 is 32.9 Å². The van der Waals surface area contributed by atoms with Crippen molar-refractivity contribution in [3.8, 4) is 0 Å². The summed E-state index contributed by atoms with van der Waals surface area (Å²) in [6, 6.07) is 15.0. The Labute approximate surface area is 258 Å². The molecule has 0 bridgehead atoms. The number of carbonyl (C=O) groups is 5. The standard InChI is InChI=1S/C32H46N6O6/c1-21(2)17-24(20-28(39)38-44)30(41)36-26(18-22-11-5-3-6-12-22)32(43)37-27(19-23-13-7-4-8-14-23)31(42)35-25(29(34)40)15-9-10-16-33/h3-8,11-14,21,24-27,44H,9-10,15-20,33H2,1-2H3,(H2,34,40)(H,35,42)(H,36,41)(H,37,43)(H,38,39)/t24-,25+,26+,27+/m1/s1. The van der Waals surface area contributed by atoms with Gasteiger partial charge in [0.2, 0.25) is 29.5 Å². The molecule has 12 heteroatoms. The molecule has 2 aromatic carbocycles. The molecule has 44 heavy (non-hydrogen) atoms. The van der Waals surface area contributed by atoms with Crippen LogP contribution in [0.2, 0.25) is 0 Å². The van der Waals surface area contributed by atoms with E-state index < -0.39 is 53.6 Å². The Morgan fingerprint density at radius 3 is 1.64 bits per heavy atom. The van der Waals surface area contributed by atoms with Crippen molar-refractivity contribution in [1.29, 1.82) is 0 Å². The zero-order valence-electron chi connectivity index (χ0n) is 25.5. The van der Waals surface area contributed by atoms with Crippen molar-refractivity contribution in [3.63, 3.8) is 0 Å². The number of primary amides is 1. The van der Waals surface area contributed by atoms with Gasteiger partial charge in [0.1, 0.15) is 18.1 Å². The van der Waals surface area contributed by atoms with Gasteiger partial charge >= 0.3 is 0 Å². The number of nitrogens with two attached hydrogens (primary N) is 2. The van der Waals surface area contributed by atoms with Crippen LogP contribution in [0.3, 0.4) is 0 Å². The largest absolute Gasteiger partial charge is 0.368 e. The molecule has 0 unspecified atom stereocenters. The Kier molecular flexibility index (Phi) is 15.6. The summed E-state index contributed by atoms with van der Waals surface area (Å²) >= 11 is 0. The third kappa shape index (κ3) is 12.9. The van der Waals surface area contributed by atoms with Gasteiger partial charge < -0.3 is 27.4 Å². The van der Waals surface area contributed by atoms with Gasteiger partial charge in [-0.15, -0.1) is 0 Å². The summed E-state index contributed by atoms with van der Waals surface area (Å²) < 4.78 is 0. The van der Waals surface area contributed by atoms with Crippen LogP contribution in [0.1, 0.15) is 57.1 Å². The molecule has 0 spiro atoms. The van der Waals surface area contributed by atoms with Crippen molar-refractivity contribution in [2.24, 2.45) is 23.3 Å². The second-order valence-electron chi connectivity index (χ2n) is 11.3. The summed E-state index contributed by atoms with van der Waals surface area (Å²) in [5.41, 5.74) is 14.2. The molecule has 5 amide bonds. The molecular weight excluding hydrogens is 564 g/mol. The molecular formula is C32H46N6O6. The highest BCUT2D eigenvalue weighted by molar-refractivity contribution is 5.95. The summed E-state index contributed by atoms with van der Waals surface area (Å²) in [5, 5.41) is 17.2. The number of benzene rings is 2. The lowest BCUT2D eigenvalue weighted by atomic mass is 9.92. The molecule has 2 rings (SSSR count). The van der Waals surface area contributed by atoms with Crippen molar-refractivity contribution in [2.45, 2.75) is 76.9 Å². The molecule has 0 saturated heterocycles. The third-order valence-electron chi connectivity index (χ3n) is 7.12. The fraction of sp³-hybridized carbons (Fsp3) is 0.469. The van der Waals surface area contributed by atoms with E-state index >= 15 is 0 Å². The molecule has 0 saturated carbocycles. The van der Waals surface area contributed by atoms with Crippen LogP contribution in [0.5, 0.6) is 0 Å². The molecule has 0 aliphatic rings. The monoisotopic (exact) mass is 610 g/mol. The number of amides is 5. The van der Waals surface area contributed by atoms with Gasteiger partial charge in [0.15, 0.2) is 0 Å². The van der Waals surface area contributed by atoms with Crippen molar-refractivity contribution in [3.05, 3.63) is 71.8 Å². The van der Waals surface area contributed by atoms with Gasteiger partial charge in [0.25, 0.3) is 0 Å². The Morgan fingerprint density at radius 1 is 0.727 bits per heavy atom. The number of nitrogens with one attached hydrogen (secondary N) is 4. The van der Waals surface area contributed by atoms with Gasteiger partial charge in [-0.25, -0.2) is 5.48 Å². The van der Waals surface area contributed by atoms with Gasteiger partial charge in [-0.2, -0.15) is 0 Å². The van der Waals surface area contributed by atoms with E-state index in [2.05, 4.69) is 16.0 Å². The lowest BCUT2D eigenvalue weighted by molar-refractivity contribution is -0.137. The molecule has 240 valence electrons. The highest BCUT2D eigenvalue weighted by atomic mass is 16.5. The quantitative estimate of drug-likeness (QED) is 0.0700. The van der Waals surface area contributed by atoms with E-state index in [1.807, 2.05) is 50.2 Å². The van der Waals surface area contributed by atoms with Crippen LogP contribution in [-0.4, -0.2) is 59.4 Å². The first-order valence-electron chi connectivity index (χ1n) is 14.9. The van der Waals surface area contributed by atoms with Crippen LogP contribution in [0.4, 0.5) is 0 Å². The maximum absolute atomic E-state index is 13.8. The predicted octanol–water partition coefficient (Wildman–Crippen LogP) is 1.10. The Hall–Kier alpha value is -4.29. The van der Waals surface area contributed by atoms with E-state index in [0.29, 0.717) is 32.2 Å². The van der Waals surface area contributed by atoms with Crippen molar-refractivity contribution < 1.29 is 29.2 Å². The van der Waals surface area contributed by atoms with Gasteiger partial charge in [-0.05, 0) is 49.3 Å². The summed E-state index contributed by atoms with van der Waals surface area (Å²) in [6.07, 6.45) is 1.84. The Balaban J connectivity index is 2.34. The minimum absolute atomic E-state index is 0.0562. The molecule has 4 atom stereocenters. The van der Waals surface area contributed by atoms with Crippen LogP contribution in [0, 0.1) is 11.8 Å². The van der Waals surface area contributed by atoms with E-state index in [1.165, 1.54) is 0 Å². The summed E-state index contributed by atoms with van der Waals surface area (Å²) in [6.45, 7) is 4.23. The predicted molar refractivity (Wildman–Crippen MR) is 166 cm³/mol. The van der Waals surface area contributed by atoms with E-state index in [0.717, 1.165) is 11.1 Å². The normalized spacial score (nSPS) is 13.7. The first-order chi connectivity index (χ1) is 21.0. The smallest absolute Gasteiger partial charge is 0.244 e. The van der Waals surface area contributed by atoms with Gasteiger partial charge in [0.05, 0.1) is 0 Å². The summed E-state index contributed by atoms with van der Waals surface area (Å²) in [4.78, 5) is 64.7. The first kappa shape index (κ1) is 35.9. The Bertz CT molecular complexity index is 1210. The maximum atomic E-state index is 13.8. The fourth-order valence-electron chi connectivity index (χ4n) is 4.85. The fourth-order valence-corrected chi connectivity index (χ4v) is 4.85. The lowest BCUT2D eigenvalue weighted by Gasteiger charge is -2.26. The number of hydroxylamine groups is 1. The van der Waals surface area contributed by atoms with E-state index in [4.69, 9.17) is 16.7 Å². The topological polar surface area (TPSA) is 206 Å². The van der Waals surface area contributed by atoms with Crippen molar-refractivity contribution in [2.75, 3.05) is 6.54 Å². The summed E-state index contributed by atoms with van der Waals surface area (Å²) in [7, 11) is 0. The van der Waals surface area contributed by atoms with E-state index in [1.54, 1.807) is 29.7 Å². The molecule has 0 radical (unpaired) electrons. The van der Waals surface area contributed by atoms with Gasteiger partial charge in [-0.3, -0.25) is 29.2 Å². The minimum Gasteiger partial charge on any atom is -0.368 e. The zero-order chi connectivity index (χ0) is 32.5. The molecule has 0 heterocycles. The van der Waals surface area contributed by atoms with Crippen molar-refractivity contribution >= 4 is 29.5 Å². The molecule has 12 nitrogen and oxygen atoms in total. The maximum Gasteiger partial charge on any atom is 0.244 e. The minimum atomic E-state index is -1.10. The average Bonchev–Trinajstić information content (AvgIpc) is 3.00. The molecule has 0 aliphatic heterocycles. The molecule has 0 aromatic heterocycles. The van der Waals surface area contributed by atoms with Crippen LogP contribution in [0.25, 0.3) is 0 Å². The van der Waals surface area contributed by atoms with Gasteiger partial charge in [-0.1, -0.05) is 74.5 Å². The second-order valence-corrected chi connectivity index (χ2v) is 11.3. The number of carbonyl (C=O) groups excluding carboxylic acids is 5. The van der Waals surface area contributed by atoms with Gasteiger partial charge in [0, 0.05) is 25.2 Å². The Morgan fingerprint density at radius 2 is 1.20 bits per heavy atom. The molecule has 0 fully saturated rings. The zero-order valence-corrected chi connectivity index (χ0v) is 25.5. The third-order valence-corrected chi connectivity index (χ3v) is 7.12. The number of hydrogen-bond acceptors (Lipinski definition) is 7. The lowest BCUT2D eigenvalue weighted by Crippen LogP contribution is -2.57. The van der Waals surface area contributed by atoms with Crippen LogP contribution in [-0.2, 0) is 36.8 Å².